The Kier molecular flexibility index (Phi) is 7.23. The van der Waals surface area contributed by atoms with Gasteiger partial charge in [0.05, 0.1) is 19.4 Å². The third-order valence-corrected chi connectivity index (χ3v) is 6.28. The predicted molar refractivity (Wildman–Crippen MR) is 108 cm³/mol. The van der Waals surface area contributed by atoms with Crippen molar-refractivity contribution in [3.63, 3.8) is 0 Å². The van der Waals surface area contributed by atoms with E-state index in [0.29, 0.717) is 10.8 Å². The highest BCUT2D eigenvalue weighted by atomic mass is 19.4. The van der Waals surface area contributed by atoms with E-state index in [0.717, 1.165) is 45.4 Å². The number of amides is 1. The number of anilines is 1. The summed E-state index contributed by atoms with van der Waals surface area (Å²) < 4.78 is 94.5. The summed E-state index contributed by atoms with van der Waals surface area (Å²) in [6.45, 7) is 0.925. The van der Waals surface area contributed by atoms with Crippen LogP contribution in [0.3, 0.4) is 0 Å². The molecular formula is C22H23F6N2O5+. The first-order valence-corrected chi connectivity index (χ1v) is 10.3. The average Bonchev–Trinajstić information content (AvgIpc) is 3.08. The second-order valence-corrected chi connectivity index (χ2v) is 8.27. The summed E-state index contributed by atoms with van der Waals surface area (Å²) in [5.74, 6) is -7.37. The summed E-state index contributed by atoms with van der Waals surface area (Å²) in [5.41, 5.74) is -3.62. The SMILES string of the molecule is COc1c([C@H]2[C@H](C(=O)Nc3cc[n+](O)c([C@H](F)CO)c3)O[C@@](C)(C(F)(F)F)[C@H]2C)ccc(F)c1F. The lowest BCUT2D eigenvalue weighted by atomic mass is 9.77. The summed E-state index contributed by atoms with van der Waals surface area (Å²) in [7, 11) is 1.00. The molecule has 1 fully saturated rings. The molecule has 192 valence electrons. The molecule has 1 saturated heterocycles. The van der Waals surface area contributed by atoms with Gasteiger partial charge in [0.25, 0.3) is 11.6 Å². The zero-order chi connectivity index (χ0) is 26.3. The molecule has 7 nitrogen and oxygen atoms in total. The van der Waals surface area contributed by atoms with Gasteiger partial charge >= 0.3 is 6.18 Å². The number of aliphatic hydroxyl groups excluding tert-OH is 1. The van der Waals surface area contributed by atoms with Gasteiger partial charge in [-0.2, -0.15) is 17.6 Å². The van der Waals surface area contributed by atoms with E-state index in [2.05, 4.69) is 5.32 Å². The number of benzene rings is 1. The zero-order valence-corrected chi connectivity index (χ0v) is 18.7. The van der Waals surface area contributed by atoms with Gasteiger partial charge in [-0.1, -0.05) is 13.0 Å². The molecular weight excluding hydrogens is 486 g/mol. The van der Waals surface area contributed by atoms with Crippen LogP contribution in [0.4, 0.5) is 32.0 Å². The van der Waals surface area contributed by atoms with E-state index >= 15 is 0 Å². The van der Waals surface area contributed by atoms with Crippen LogP contribution in [0.2, 0.25) is 0 Å². The van der Waals surface area contributed by atoms with Crippen LogP contribution in [0.15, 0.2) is 30.5 Å². The van der Waals surface area contributed by atoms with Gasteiger partial charge in [-0.3, -0.25) is 10.0 Å². The average molecular weight is 509 g/mol. The van der Waals surface area contributed by atoms with Gasteiger partial charge in [0.15, 0.2) is 17.2 Å². The van der Waals surface area contributed by atoms with E-state index in [1.54, 1.807) is 0 Å². The predicted octanol–water partition coefficient (Wildman–Crippen LogP) is 3.58. The summed E-state index contributed by atoms with van der Waals surface area (Å²) in [6.07, 6.45) is -7.86. The van der Waals surface area contributed by atoms with Gasteiger partial charge in [-0.05, 0) is 13.0 Å². The number of nitrogens with one attached hydrogen (secondary N) is 1. The van der Waals surface area contributed by atoms with Gasteiger partial charge in [-0.25, -0.2) is 8.78 Å². The number of methoxy groups -OCH3 is 1. The lowest BCUT2D eigenvalue weighted by molar-refractivity contribution is -0.911. The highest BCUT2D eigenvalue weighted by Crippen LogP contribution is 2.55. The summed E-state index contributed by atoms with van der Waals surface area (Å²) >= 11 is 0. The van der Waals surface area contributed by atoms with E-state index < -0.39 is 71.5 Å². The molecule has 0 spiro atoms. The van der Waals surface area contributed by atoms with Crippen LogP contribution < -0.4 is 14.8 Å². The second-order valence-electron chi connectivity index (χ2n) is 8.27. The largest absolute Gasteiger partial charge is 0.493 e. The lowest BCUT2D eigenvalue weighted by Crippen LogP contribution is -2.47. The zero-order valence-electron chi connectivity index (χ0n) is 18.7. The van der Waals surface area contributed by atoms with Crippen molar-refractivity contribution in [2.45, 2.75) is 43.8 Å². The summed E-state index contributed by atoms with van der Waals surface area (Å²) in [6, 6.07) is 3.82. The molecule has 2 heterocycles. The summed E-state index contributed by atoms with van der Waals surface area (Å²) in [5, 5.41) is 21.0. The Labute approximate surface area is 195 Å². The molecule has 1 amide bonds. The van der Waals surface area contributed by atoms with Gasteiger partial charge in [-0.15, -0.1) is 0 Å². The van der Waals surface area contributed by atoms with E-state index in [1.807, 2.05) is 0 Å². The molecule has 1 aliphatic heterocycles. The Morgan fingerprint density at radius 2 is 1.97 bits per heavy atom. The number of aliphatic hydroxyl groups is 1. The Morgan fingerprint density at radius 3 is 2.54 bits per heavy atom. The van der Waals surface area contributed by atoms with Crippen LogP contribution in [0.25, 0.3) is 0 Å². The molecule has 0 radical (unpaired) electrons. The molecule has 0 unspecified atom stereocenters. The number of carbonyl (C=O) groups is 1. The fourth-order valence-electron chi connectivity index (χ4n) is 4.17. The minimum absolute atomic E-state index is 0.126. The fraction of sp³-hybridized carbons (Fsp3) is 0.455. The first-order valence-electron chi connectivity index (χ1n) is 10.3. The topological polar surface area (TPSA) is 91.9 Å². The van der Waals surface area contributed by atoms with Crippen LogP contribution >= 0.6 is 0 Å². The molecule has 0 bridgehead atoms. The van der Waals surface area contributed by atoms with Gasteiger partial charge in [0.1, 0.15) is 6.10 Å². The summed E-state index contributed by atoms with van der Waals surface area (Å²) in [4.78, 5) is 13.1. The van der Waals surface area contributed by atoms with Gasteiger partial charge in [0.2, 0.25) is 18.2 Å². The standard InChI is InChI=1S/C22H22F6N2O5/c1-10-16(12-4-5-13(23)17(25)18(12)34-3)19(35-21(10,2)22(26,27)28)20(32)29-11-6-7-30(33)15(8-11)14(24)9-31/h4-8,10,14,16,19,31,33H,9H2,1-3H3/p+1/t10-,14+,16-,19+,21+/m0/s1. The van der Waals surface area contributed by atoms with Crippen LogP contribution in [-0.2, 0) is 9.53 Å². The van der Waals surface area contributed by atoms with Crippen LogP contribution in [0, 0.1) is 17.6 Å². The first-order chi connectivity index (χ1) is 16.3. The molecule has 3 rings (SSSR count). The quantitative estimate of drug-likeness (QED) is 0.315. The van der Waals surface area contributed by atoms with E-state index in [4.69, 9.17) is 14.6 Å². The monoisotopic (exact) mass is 509 g/mol. The van der Waals surface area contributed by atoms with Gasteiger partial charge in [0, 0.05) is 34.3 Å². The van der Waals surface area contributed by atoms with E-state index in [9.17, 15) is 36.3 Å². The highest BCUT2D eigenvalue weighted by Gasteiger charge is 2.66. The first kappa shape index (κ1) is 26.5. The Balaban J connectivity index is 2.06. The molecule has 13 heteroatoms. The number of halogens is 6. The molecule has 1 aliphatic rings. The number of ether oxygens (including phenoxy) is 2. The number of pyridine rings is 1. The minimum Gasteiger partial charge on any atom is -0.493 e. The van der Waals surface area contributed by atoms with E-state index in [-0.39, 0.29) is 11.3 Å². The lowest BCUT2D eigenvalue weighted by Gasteiger charge is -2.32. The second kappa shape index (κ2) is 9.53. The molecule has 1 aromatic heterocycles. The molecule has 2 aromatic rings. The molecule has 3 N–H and O–H groups in total. The van der Waals surface area contributed by atoms with Gasteiger partial charge < -0.3 is 19.9 Å². The smallest absolute Gasteiger partial charge is 0.417 e. The highest BCUT2D eigenvalue weighted by molar-refractivity contribution is 5.95. The van der Waals surface area contributed by atoms with Crippen molar-refractivity contribution >= 4 is 11.6 Å². The number of rotatable bonds is 6. The van der Waals surface area contributed by atoms with Crippen LogP contribution in [0.5, 0.6) is 5.75 Å². The maximum absolute atomic E-state index is 14.4. The molecule has 0 aliphatic carbocycles. The Morgan fingerprint density at radius 1 is 1.31 bits per heavy atom. The number of nitrogens with zero attached hydrogens (tertiary/aromatic N) is 1. The normalized spacial score (nSPS) is 25.4. The van der Waals surface area contributed by atoms with Crippen molar-refractivity contribution < 1.29 is 55.7 Å². The van der Waals surface area contributed by atoms with Crippen molar-refractivity contribution in [2.75, 3.05) is 19.0 Å². The molecule has 35 heavy (non-hydrogen) atoms. The van der Waals surface area contributed by atoms with E-state index in [1.165, 1.54) is 0 Å². The van der Waals surface area contributed by atoms with Crippen molar-refractivity contribution in [2.24, 2.45) is 5.92 Å². The number of carbonyl (C=O) groups excluding carboxylic acids is 1. The third-order valence-electron chi connectivity index (χ3n) is 6.28. The van der Waals surface area contributed by atoms with Crippen molar-refractivity contribution in [3.05, 3.63) is 53.4 Å². The number of alkyl halides is 4. The maximum atomic E-state index is 14.4. The maximum Gasteiger partial charge on any atom is 0.417 e. The van der Waals surface area contributed by atoms with Crippen molar-refractivity contribution in [1.29, 1.82) is 0 Å². The Bertz CT molecular complexity index is 1110. The van der Waals surface area contributed by atoms with Crippen molar-refractivity contribution in [1.82, 2.24) is 0 Å². The number of aromatic nitrogens is 1. The van der Waals surface area contributed by atoms with Crippen molar-refractivity contribution in [3.8, 4) is 5.75 Å². The molecule has 1 aromatic carbocycles. The van der Waals surface area contributed by atoms with Crippen LogP contribution in [0.1, 0.15) is 37.2 Å². The molecule has 0 saturated carbocycles. The molecule has 5 atom stereocenters. The number of hydrogen-bond donors (Lipinski definition) is 3. The van der Waals surface area contributed by atoms with Crippen LogP contribution in [-0.4, -0.2) is 47.8 Å². The minimum atomic E-state index is -4.93. The fourth-order valence-corrected chi connectivity index (χ4v) is 4.17. The number of hydrogen-bond acceptors (Lipinski definition) is 5. The Hall–Kier alpha value is -3.06. The third kappa shape index (κ3) is 4.61.